The summed E-state index contributed by atoms with van der Waals surface area (Å²) in [5, 5.41) is 3.37. The smallest absolute Gasteiger partial charge is 0.120 e. The van der Waals surface area contributed by atoms with Gasteiger partial charge in [-0.1, -0.05) is 13.8 Å². The van der Waals surface area contributed by atoms with Crippen LogP contribution in [0.2, 0.25) is 0 Å². The number of aryl methyl sites for hydroxylation is 1. The Balaban J connectivity index is 1.96. The summed E-state index contributed by atoms with van der Waals surface area (Å²) >= 11 is 0. The fraction of sp³-hybridized carbons (Fsp3) is 0.769. The molecule has 0 radical (unpaired) electrons. The number of aromatic amines is 1. The minimum Gasteiger partial charge on any atom is -0.345 e. The Hall–Kier alpha value is -0.870. The molecule has 0 amide bonds. The topological polar surface area (TPSA) is 44.0 Å². The Kier molecular flexibility index (Phi) is 4.18. The van der Waals surface area contributed by atoms with Crippen LogP contribution in [0.5, 0.6) is 0 Å². The molecule has 1 aliphatic rings. The third kappa shape index (κ3) is 3.54. The van der Waals surface area contributed by atoms with Gasteiger partial charge in [0.05, 0.1) is 12.2 Å². The molecule has 0 aromatic carbocycles. The summed E-state index contributed by atoms with van der Waals surface area (Å²) in [6.45, 7) is 12.0. The second kappa shape index (κ2) is 5.65. The largest absolute Gasteiger partial charge is 0.345 e. The van der Waals surface area contributed by atoms with Crippen molar-refractivity contribution < 1.29 is 0 Å². The minimum atomic E-state index is 0.670. The Bertz CT molecular complexity index is 350. The average Bonchev–Trinajstić information content (AvgIpc) is 2.59. The number of hydrogen-bond acceptors (Lipinski definition) is 3. The van der Waals surface area contributed by atoms with Gasteiger partial charge >= 0.3 is 0 Å². The molecule has 0 spiro atoms. The Morgan fingerprint density at radius 1 is 1.29 bits per heavy atom. The lowest BCUT2D eigenvalue weighted by atomic mass is 10.1. The van der Waals surface area contributed by atoms with Crippen molar-refractivity contribution in [3.63, 3.8) is 0 Å². The van der Waals surface area contributed by atoms with Crippen LogP contribution in [-0.2, 0) is 13.0 Å². The normalized spacial score (nSPS) is 17.9. The molecule has 0 saturated carbocycles. The first-order valence-electron chi connectivity index (χ1n) is 6.62. The van der Waals surface area contributed by atoms with Crippen LogP contribution in [0.3, 0.4) is 0 Å². The molecule has 4 heteroatoms. The molecule has 0 unspecified atom stereocenters. The van der Waals surface area contributed by atoms with Crippen LogP contribution in [0.15, 0.2) is 0 Å². The molecular weight excluding hydrogens is 212 g/mol. The second-order valence-electron chi connectivity index (χ2n) is 5.38. The summed E-state index contributed by atoms with van der Waals surface area (Å²) in [5.74, 6) is 1.80. The number of piperazine rings is 1. The zero-order chi connectivity index (χ0) is 12.3. The number of hydrogen-bond donors (Lipinski definition) is 2. The number of imidazole rings is 1. The van der Waals surface area contributed by atoms with Gasteiger partial charge in [0, 0.05) is 31.9 Å². The lowest BCUT2D eigenvalue weighted by Crippen LogP contribution is -2.43. The van der Waals surface area contributed by atoms with Crippen LogP contribution in [0, 0.1) is 12.8 Å². The molecule has 0 atom stereocenters. The van der Waals surface area contributed by atoms with Crippen LogP contribution in [0.4, 0.5) is 0 Å². The molecule has 1 saturated heterocycles. The Labute approximate surface area is 104 Å². The molecule has 1 fully saturated rings. The quantitative estimate of drug-likeness (QED) is 0.829. The lowest BCUT2D eigenvalue weighted by Gasteiger charge is -2.26. The van der Waals surface area contributed by atoms with Gasteiger partial charge in [-0.2, -0.15) is 0 Å². The van der Waals surface area contributed by atoms with E-state index >= 15 is 0 Å². The van der Waals surface area contributed by atoms with Gasteiger partial charge in [0.1, 0.15) is 5.82 Å². The molecular formula is C13H24N4. The summed E-state index contributed by atoms with van der Waals surface area (Å²) in [6, 6.07) is 0. The van der Waals surface area contributed by atoms with E-state index in [0.29, 0.717) is 5.92 Å². The molecule has 17 heavy (non-hydrogen) atoms. The van der Waals surface area contributed by atoms with Crippen molar-refractivity contribution in [2.24, 2.45) is 5.92 Å². The van der Waals surface area contributed by atoms with Crippen molar-refractivity contribution in [2.75, 3.05) is 26.2 Å². The Morgan fingerprint density at radius 3 is 2.65 bits per heavy atom. The van der Waals surface area contributed by atoms with Crippen LogP contribution >= 0.6 is 0 Å². The van der Waals surface area contributed by atoms with E-state index in [1.165, 1.54) is 11.4 Å². The van der Waals surface area contributed by atoms with E-state index in [4.69, 9.17) is 4.98 Å². The van der Waals surface area contributed by atoms with Gasteiger partial charge in [-0.3, -0.25) is 4.90 Å². The highest BCUT2D eigenvalue weighted by molar-refractivity contribution is 5.13. The third-order valence-corrected chi connectivity index (χ3v) is 3.22. The van der Waals surface area contributed by atoms with Gasteiger partial charge in [0.2, 0.25) is 0 Å². The van der Waals surface area contributed by atoms with E-state index in [1.54, 1.807) is 0 Å². The number of H-pyrrole nitrogens is 1. The highest BCUT2D eigenvalue weighted by atomic mass is 15.2. The van der Waals surface area contributed by atoms with Crippen molar-refractivity contribution in [1.29, 1.82) is 0 Å². The van der Waals surface area contributed by atoms with E-state index in [9.17, 15) is 0 Å². The summed E-state index contributed by atoms with van der Waals surface area (Å²) < 4.78 is 0. The fourth-order valence-electron chi connectivity index (χ4n) is 2.30. The van der Waals surface area contributed by atoms with Crippen molar-refractivity contribution in [2.45, 2.75) is 33.7 Å². The maximum atomic E-state index is 4.73. The highest BCUT2D eigenvalue weighted by Crippen LogP contribution is 2.12. The standard InChI is InChI=1S/C13H24N4/c1-10(2)8-12-11(3)15-13(16-12)9-17-6-4-14-5-7-17/h10,14H,4-9H2,1-3H3,(H,15,16). The summed E-state index contributed by atoms with van der Waals surface area (Å²) in [5.41, 5.74) is 2.48. The number of aromatic nitrogens is 2. The maximum absolute atomic E-state index is 4.73. The van der Waals surface area contributed by atoms with E-state index < -0.39 is 0 Å². The van der Waals surface area contributed by atoms with Crippen LogP contribution in [0.25, 0.3) is 0 Å². The van der Waals surface area contributed by atoms with Crippen LogP contribution < -0.4 is 5.32 Å². The zero-order valence-electron chi connectivity index (χ0n) is 11.2. The molecule has 0 aliphatic carbocycles. The molecule has 1 aromatic heterocycles. The first-order valence-corrected chi connectivity index (χ1v) is 6.62. The Morgan fingerprint density at radius 2 is 2.00 bits per heavy atom. The molecule has 0 bridgehead atoms. The van der Waals surface area contributed by atoms with Crippen LogP contribution in [0.1, 0.15) is 31.1 Å². The predicted octanol–water partition coefficient (Wildman–Crippen LogP) is 1.32. The molecule has 4 nitrogen and oxygen atoms in total. The molecule has 96 valence electrons. The zero-order valence-corrected chi connectivity index (χ0v) is 11.2. The third-order valence-electron chi connectivity index (χ3n) is 3.22. The second-order valence-corrected chi connectivity index (χ2v) is 5.38. The highest BCUT2D eigenvalue weighted by Gasteiger charge is 2.13. The van der Waals surface area contributed by atoms with Gasteiger partial charge in [-0.05, 0) is 19.3 Å². The lowest BCUT2D eigenvalue weighted by molar-refractivity contribution is 0.228. The van der Waals surface area contributed by atoms with E-state index in [-0.39, 0.29) is 0 Å². The first kappa shape index (κ1) is 12.6. The van der Waals surface area contributed by atoms with Crippen molar-refractivity contribution in [3.8, 4) is 0 Å². The van der Waals surface area contributed by atoms with Gasteiger partial charge in [-0.25, -0.2) is 4.98 Å². The summed E-state index contributed by atoms with van der Waals surface area (Å²) in [6.07, 6.45) is 1.07. The SMILES string of the molecule is Cc1[nH]c(CN2CCNCC2)nc1CC(C)C. The van der Waals surface area contributed by atoms with Crippen LogP contribution in [-0.4, -0.2) is 41.0 Å². The van der Waals surface area contributed by atoms with E-state index in [1.807, 2.05) is 0 Å². The molecule has 2 rings (SSSR count). The number of nitrogens with zero attached hydrogens (tertiary/aromatic N) is 2. The van der Waals surface area contributed by atoms with Crippen molar-refractivity contribution >= 4 is 0 Å². The average molecular weight is 236 g/mol. The number of nitrogens with one attached hydrogen (secondary N) is 2. The fourth-order valence-corrected chi connectivity index (χ4v) is 2.30. The van der Waals surface area contributed by atoms with Gasteiger partial charge in [0.15, 0.2) is 0 Å². The van der Waals surface area contributed by atoms with Crippen molar-refractivity contribution in [1.82, 2.24) is 20.2 Å². The van der Waals surface area contributed by atoms with Crippen molar-refractivity contribution in [3.05, 3.63) is 17.2 Å². The number of rotatable bonds is 4. The maximum Gasteiger partial charge on any atom is 0.120 e. The molecule has 1 aliphatic heterocycles. The summed E-state index contributed by atoms with van der Waals surface area (Å²) in [4.78, 5) is 10.6. The van der Waals surface area contributed by atoms with Gasteiger partial charge < -0.3 is 10.3 Å². The van der Waals surface area contributed by atoms with E-state index in [2.05, 4.69) is 36.0 Å². The molecule has 1 aromatic rings. The van der Waals surface area contributed by atoms with E-state index in [0.717, 1.165) is 45.0 Å². The van der Waals surface area contributed by atoms with Gasteiger partial charge in [-0.15, -0.1) is 0 Å². The molecule has 2 heterocycles. The summed E-state index contributed by atoms with van der Waals surface area (Å²) in [7, 11) is 0. The van der Waals surface area contributed by atoms with Gasteiger partial charge in [0.25, 0.3) is 0 Å². The monoisotopic (exact) mass is 236 g/mol. The minimum absolute atomic E-state index is 0.670. The molecule has 2 N–H and O–H groups in total. The predicted molar refractivity (Wildman–Crippen MR) is 70.0 cm³/mol. The first-order chi connectivity index (χ1) is 8.15.